The minimum absolute atomic E-state index is 0.0642. The van der Waals surface area contributed by atoms with Crippen LogP contribution in [0.3, 0.4) is 0 Å². The Morgan fingerprint density at radius 3 is 2.94 bits per heavy atom. The van der Waals surface area contributed by atoms with Crippen LogP contribution >= 0.6 is 11.6 Å². The number of aliphatic hydroxyl groups excluding tert-OH is 1. The van der Waals surface area contributed by atoms with Crippen molar-refractivity contribution in [3.63, 3.8) is 0 Å². The predicted molar refractivity (Wildman–Crippen MR) is 66.9 cm³/mol. The predicted octanol–water partition coefficient (Wildman–Crippen LogP) is 1.73. The number of hydrogen-bond acceptors (Lipinski definition) is 4. The molecule has 0 bridgehead atoms. The van der Waals surface area contributed by atoms with Crippen molar-refractivity contribution in [2.75, 3.05) is 37.4 Å². The van der Waals surface area contributed by atoms with Crippen molar-refractivity contribution in [1.29, 1.82) is 0 Å². The molecule has 4 N–H and O–H groups in total. The van der Waals surface area contributed by atoms with Gasteiger partial charge < -0.3 is 20.9 Å². The third-order valence-corrected chi connectivity index (χ3v) is 2.40. The summed E-state index contributed by atoms with van der Waals surface area (Å²) in [6.07, 6.45) is 0.853. The molecule has 0 spiro atoms. The number of halogens is 1. The van der Waals surface area contributed by atoms with Gasteiger partial charge in [0.05, 0.1) is 29.6 Å². The van der Waals surface area contributed by atoms with E-state index in [4.69, 9.17) is 27.2 Å². The van der Waals surface area contributed by atoms with Crippen molar-refractivity contribution in [3.05, 3.63) is 23.2 Å². The highest BCUT2D eigenvalue weighted by Crippen LogP contribution is 2.26. The lowest BCUT2D eigenvalue weighted by atomic mass is 10.2. The Balaban J connectivity index is 2.24. The molecule has 4 nitrogen and oxygen atoms in total. The Kier molecular flexibility index (Phi) is 6.00. The van der Waals surface area contributed by atoms with Gasteiger partial charge in [0.2, 0.25) is 0 Å². The molecular formula is C11H17ClN2O2. The van der Waals surface area contributed by atoms with Gasteiger partial charge in [-0.05, 0) is 18.6 Å². The fraction of sp³-hybridized carbons (Fsp3) is 0.455. The molecular weight excluding hydrogens is 228 g/mol. The van der Waals surface area contributed by atoms with E-state index in [1.165, 1.54) is 0 Å². The number of nitrogens with two attached hydrogens (primary N) is 1. The average molecular weight is 245 g/mol. The first-order chi connectivity index (χ1) is 7.75. The number of hydrogen-bond donors (Lipinski definition) is 3. The van der Waals surface area contributed by atoms with Crippen LogP contribution in [0.4, 0.5) is 11.4 Å². The summed E-state index contributed by atoms with van der Waals surface area (Å²) in [7, 11) is 0. The summed E-state index contributed by atoms with van der Waals surface area (Å²) in [6, 6.07) is 5.49. The molecule has 0 aromatic heterocycles. The number of anilines is 2. The zero-order valence-electron chi connectivity index (χ0n) is 9.08. The Labute approximate surface area is 100 Å². The summed E-state index contributed by atoms with van der Waals surface area (Å²) in [4.78, 5) is 0. The lowest BCUT2D eigenvalue weighted by Gasteiger charge is -2.10. The van der Waals surface area contributed by atoms with E-state index in [0.29, 0.717) is 23.9 Å². The van der Waals surface area contributed by atoms with Crippen molar-refractivity contribution in [2.24, 2.45) is 0 Å². The summed E-state index contributed by atoms with van der Waals surface area (Å²) < 4.78 is 5.13. The van der Waals surface area contributed by atoms with Crippen LogP contribution in [-0.2, 0) is 4.74 Å². The summed E-state index contributed by atoms with van der Waals surface area (Å²) in [5.74, 6) is 0. The largest absolute Gasteiger partial charge is 0.396 e. The van der Waals surface area contributed by atoms with Crippen molar-refractivity contribution in [2.45, 2.75) is 6.42 Å². The smallest absolute Gasteiger partial charge is 0.0739 e. The van der Waals surface area contributed by atoms with Gasteiger partial charge in [-0.3, -0.25) is 0 Å². The second-order valence-electron chi connectivity index (χ2n) is 3.32. The number of benzene rings is 1. The SMILES string of the molecule is Nc1c(Cl)cccc1NCCCOCCO. The summed E-state index contributed by atoms with van der Waals surface area (Å²) in [5.41, 5.74) is 7.20. The molecule has 0 atom stereocenters. The number of ether oxygens (including phenoxy) is 1. The van der Waals surface area contributed by atoms with E-state index in [9.17, 15) is 0 Å². The molecule has 0 aliphatic heterocycles. The molecule has 90 valence electrons. The summed E-state index contributed by atoms with van der Waals surface area (Å²) in [5, 5.41) is 12.2. The highest BCUT2D eigenvalue weighted by atomic mass is 35.5. The van der Waals surface area contributed by atoms with Crippen LogP contribution in [0.25, 0.3) is 0 Å². The van der Waals surface area contributed by atoms with Gasteiger partial charge in [0.15, 0.2) is 0 Å². The van der Waals surface area contributed by atoms with E-state index in [2.05, 4.69) is 5.32 Å². The fourth-order valence-electron chi connectivity index (χ4n) is 1.26. The van der Waals surface area contributed by atoms with Gasteiger partial charge in [0.25, 0.3) is 0 Å². The number of rotatable bonds is 7. The van der Waals surface area contributed by atoms with Gasteiger partial charge in [0.1, 0.15) is 0 Å². The van der Waals surface area contributed by atoms with Gasteiger partial charge in [-0.2, -0.15) is 0 Å². The third kappa shape index (κ3) is 4.26. The maximum absolute atomic E-state index is 8.50. The van der Waals surface area contributed by atoms with Crippen LogP contribution in [0.15, 0.2) is 18.2 Å². The second kappa shape index (κ2) is 7.33. The zero-order chi connectivity index (χ0) is 11.8. The second-order valence-corrected chi connectivity index (χ2v) is 3.72. The minimum atomic E-state index is 0.0642. The Bertz CT molecular complexity index is 321. The number of aliphatic hydroxyl groups is 1. The molecule has 0 aliphatic carbocycles. The van der Waals surface area contributed by atoms with Gasteiger partial charge in [0, 0.05) is 13.2 Å². The fourth-order valence-corrected chi connectivity index (χ4v) is 1.43. The molecule has 16 heavy (non-hydrogen) atoms. The van der Waals surface area contributed by atoms with Crippen molar-refractivity contribution < 1.29 is 9.84 Å². The van der Waals surface area contributed by atoms with Crippen molar-refractivity contribution >= 4 is 23.0 Å². The van der Waals surface area contributed by atoms with E-state index in [-0.39, 0.29) is 6.61 Å². The van der Waals surface area contributed by atoms with Crippen LogP contribution in [-0.4, -0.2) is 31.5 Å². The van der Waals surface area contributed by atoms with Crippen LogP contribution < -0.4 is 11.1 Å². The molecule has 0 saturated heterocycles. The number of nitrogens with one attached hydrogen (secondary N) is 1. The monoisotopic (exact) mass is 244 g/mol. The quantitative estimate of drug-likeness (QED) is 0.505. The topological polar surface area (TPSA) is 67.5 Å². The van der Waals surface area contributed by atoms with Crippen LogP contribution in [0.1, 0.15) is 6.42 Å². The summed E-state index contributed by atoms with van der Waals surface area (Å²) in [6.45, 7) is 1.83. The van der Waals surface area contributed by atoms with Crippen molar-refractivity contribution in [3.8, 4) is 0 Å². The van der Waals surface area contributed by atoms with Gasteiger partial charge in [-0.25, -0.2) is 0 Å². The molecule has 0 amide bonds. The van der Waals surface area contributed by atoms with Crippen LogP contribution in [0.2, 0.25) is 5.02 Å². The van der Waals surface area contributed by atoms with Gasteiger partial charge in [-0.15, -0.1) is 0 Å². The van der Waals surface area contributed by atoms with Crippen LogP contribution in [0, 0.1) is 0 Å². The van der Waals surface area contributed by atoms with Gasteiger partial charge >= 0.3 is 0 Å². The van der Waals surface area contributed by atoms with Crippen LogP contribution in [0.5, 0.6) is 0 Å². The van der Waals surface area contributed by atoms with Gasteiger partial charge in [-0.1, -0.05) is 17.7 Å². The summed E-state index contributed by atoms with van der Waals surface area (Å²) >= 11 is 5.88. The maximum Gasteiger partial charge on any atom is 0.0739 e. The first-order valence-corrected chi connectivity index (χ1v) is 5.60. The first-order valence-electron chi connectivity index (χ1n) is 5.22. The van der Waals surface area contributed by atoms with E-state index >= 15 is 0 Å². The molecule has 1 aromatic rings. The first kappa shape index (κ1) is 13.1. The standard InChI is InChI=1S/C11H17ClN2O2/c12-9-3-1-4-10(11(9)13)14-5-2-7-16-8-6-15/h1,3-4,14-15H,2,5-8,13H2. The lowest BCUT2D eigenvalue weighted by Crippen LogP contribution is -2.08. The highest BCUT2D eigenvalue weighted by Gasteiger charge is 2.01. The Morgan fingerprint density at radius 1 is 1.38 bits per heavy atom. The minimum Gasteiger partial charge on any atom is -0.396 e. The molecule has 0 saturated carbocycles. The number of para-hydroxylation sites is 1. The molecule has 1 aromatic carbocycles. The lowest BCUT2D eigenvalue weighted by molar-refractivity contribution is 0.0922. The van der Waals surface area contributed by atoms with E-state index in [1.807, 2.05) is 12.1 Å². The molecule has 0 radical (unpaired) electrons. The highest BCUT2D eigenvalue weighted by molar-refractivity contribution is 6.33. The third-order valence-electron chi connectivity index (χ3n) is 2.07. The zero-order valence-corrected chi connectivity index (χ0v) is 9.83. The Morgan fingerprint density at radius 2 is 2.19 bits per heavy atom. The molecule has 5 heteroatoms. The molecule has 0 fully saturated rings. The average Bonchev–Trinajstić information content (AvgIpc) is 2.29. The van der Waals surface area contributed by atoms with E-state index < -0.39 is 0 Å². The normalized spacial score (nSPS) is 10.4. The van der Waals surface area contributed by atoms with E-state index in [1.54, 1.807) is 6.07 Å². The van der Waals surface area contributed by atoms with Crippen molar-refractivity contribution in [1.82, 2.24) is 0 Å². The molecule has 0 aliphatic rings. The maximum atomic E-state index is 8.50. The Hall–Kier alpha value is -0.970. The molecule has 0 unspecified atom stereocenters. The number of nitrogen functional groups attached to an aromatic ring is 1. The molecule has 0 heterocycles. The molecule has 1 rings (SSSR count). The van der Waals surface area contributed by atoms with E-state index in [0.717, 1.165) is 18.7 Å².